The Morgan fingerprint density at radius 3 is 2.69 bits per heavy atom. The smallest absolute Gasteiger partial charge is 0.129 e. The number of aryl methyl sites for hydroxylation is 1. The Kier molecular flexibility index (Phi) is 6.67. The predicted molar refractivity (Wildman–Crippen MR) is 124 cm³/mol. The highest BCUT2D eigenvalue weighted by molar-refractivity contribution is 7.59. The number of halogens is 1. The molecule has 5 nitrogen and oxygen atoms in total. The van der Waals surface area contributed by atoms with Crippen molar-refractivity contribution < 1.29 is 0 Å². The average Bonchev–Trinajstić information content (AvgIpc) is 2.73. The molecular weight excluding hydrogens is 402 g/mol. The van der Waals surface area contributed by atoms with Crippen LogP contribution < -0.4 is 5.32 Å². The maximum absolute atomic E-state index is 6.31. The lowest BCUT2D eigenvalue weighted by Gasteiger charge is -2.16. The van der Waals surface area contributed by atoms with Gasteiger partial charge in [0.25, 0.3) is 0 Å². The molecule has 0 bridgehead atoms. The molecule has 1 N–H and O–H groups in total. The van der Waals surface area contributed by atoms with E-state index in [1.807, 2.05) is 49.5 Å². The van der Waals surface area contributed by atoms with E-state index < -0.39 is 0 Å². The van der Waals surface area contributed by atoms with E-state index >= 15 is 0 Å². The number of hydrogen-bond acceptors (Lipinski definition) is 5. The van der Waals surface area contributed by atoms with Crippen LogP contribution in [-0.2, 0) is 0 Å². The summed E-state index contributed by atoms with van der Waals surface area (Å²) < 4.78 is 0. The number of fused-ring (bicyclic) bond motifs is 1. The predicted octanol–water partition coefficient (Wildman–Crippen LogP) is 5.38. The van der Waals surface area contributed by atoms with Crippen molar-refractivity contribution in [2.45, 2.75) is 19.8 Å². The van der Waals surface area contributed by atoms with Gasteiger partial charge in [-0.25, -0.2) is 9.97 Å². The van der Waals surface area contributed by atoms with E-state index in [-0.39, 0.29) is 19.4 Å². The second kappa shape index (κ2) is 9.20. The largest absolute Gasteiger partial charge is 0.369 e. The zero-order valence-corrected chi connectivity index (χ0v) is 18.0. The molecule has 0 amide bonds. The Labute approximate surface area is 182 Å². The van der Waals surface area contributed by atoms with Crippen molar-refractivity contribution >= 4 is 41.8 Å². The summed E-state index contributed by atoms with van der Waals surface area (Å²) in [5.74, 6) is 1.01. The van der Waals surface area contributed by atoms with Crippen LogP contribution in [0.15, 0.2) is 61.2 Å². The fourth-order valence-electron chi connectivity index (χ4n) is 3.16. The van der Waals surface area contributed by atoms with Gasteiger partial charge in [0.2, 0.25) is 0 Å². The highest BCUT2D eigenvalue weighted by Crippen LogP contribution is 2.28. The summed E-state index contributed by atoms with van der Waals surface area (Å²) in [6.45, 7) is 4.85. The molecule has 0 saturated carbocycles. The van der Waals surface area contributed by atoms with Crippen LogP contribution in [0.5, 0.6) is 0 Å². The molecule has 0 spiro atoms. The molecule has 3 aromatic heterocycles. The molecule has 148 valence electrons. The van der Waals surface area contributed by atoms with E-state index in [1.165, 1.54) is 0 Å². The van der Waals surface area contributed by atoms with E-state index in [0.717, 1.165) is 50.8 Å². The summed E-state index contributed by atoms with van der Waals surface area (Å²) in [5.41, 5.74) is 4.89. The second-order valence-corrected chi connectivity index (χ2v) is 7.20. The van der Waals surface area contributed by atoms with Gasteiger partial charge in [-0.15, -0.1) is 0 Å². The van der Waals surface area contributed by atoms with Gasteiger partial charge in [0.1, 0.15) is 12.1 Å². The Morgan fingerprint density at radius 2 is 1.90 bits per heavy atom. The number of benzene rings is 1. The second-order valence-electron chi connectivity index (χ2n) is 6.79. The molecule has 29 heavy (non-hydrogen) atoms. The van der Waals surface area contributed by atoms with Gasteiger partial charge in [-0.2, -0.15) is 13.5 Å². The number of rotatable bonds is 5. The summed E-state index contributed by atoms with van der Waals surface area (Å²) in [4.78, 5) is 17.6. The number of nitrogens with one attached hydrogen (secondary N) is 1. The van der Waals surface area contributed by atoms with Crippen molar-refractivity contribution in [2.75, 3.05) is 11.9 Å². The minimum Gasteiger partial charge on any atom is -0.369 e. The summed E-state index contributed by atoms with van der Waals surface area (Å²) in [6, 6.07) is 13.9. The quantitative estimate of drug-likeness (QED) is 0.467. The molecule has 3 heterocycles. The molecule has 0 unspecified atom stereocenters. The van der Waals surface area contributed by atoms with Crippen molar-refractivity contribution in [1.29, 1.82) is 0 Å². The first-order valence-electron chi connectivity index (χ1n) is 9.14. The normalized spacial score (nSPS) is 11.7. The summed E-state index contributed by atoms with van der Waals surface area (Å²) in [6.07, 6.45) is 5.15. The average molecular weight is 424 g/mol. The topological polar surface area (TPSA) is 63.6 Å². The van der Waals surface area contributed by atoms with Crippen molar-refractivity contribution in [3.63, 3.8) is 0 Å². The van der Waals surface area contributed by atoms with E-state index in [4.69, 9.17) is 11.6 Å². The summed E-state index contributed by atoms with van der Waals surface area (Å²) in [5, 5.41) is 5.11. The molecule has 0 aliphatic carbocycles. The lowest BCUT2D eigenvalue weighted by Crippen LogP contribution is -2.11. The first-order valence-corrected chi connectivity index (χ1v) is 9.51. The van der Waals surface area contributed by atoms with Gasteiger partial charge >= 0.3 is 0 Å². The molecule has 1 atom stereocenters. The van der Waals surface area contributed by atoms with Crippen LogP contribution >= 0.6 is 25.1 Å². The molecule has 0 fully saturated rings. The Bertz CT molecular complexity index is 1120. The van der Waals surface area contributed by atoms with Gasteiger partial charge < -0.3 is 5.32 Å². The van der Waals surface area contributed by atoms with Crippen LogP contribution in [0.25, 0.3) is 22.2 Å². The summed E-state index contributed by atoms with van der Waals surface area (Å²) >= 11 is 6.31. The zero-order valence-electron chi connectivity index (χ0n) is 16.2. The van der Waals surface area contributed by atoms with Crippen LogP contribution in [0.2, 0.25) is 5.02 Å². The van der Waals surface area contributed by atoms with Crippen LogP contribution in [0.4, 0.5) is 5.82 Å². The van der Waals surface area contributed by atoms with Crippen molar-refractivity contribution in [2.24, 2.45) is 0 Å². The lowest BCUT2D eigenvalue weighted by molar-refractivity contribution is 0.806. The molecule has 0 saturated heterocycles. The standard InChI is InChI=1S/C22H20ClN5.H2S/c1-14(17-4-3-5-18-19(23)8-9-24-22(17)18)11-26-21-10-20(27-13-28-21)16-7-6-15(2)25-12-16;/h3-10,12-14H,11H2,1-2H3,(H,26,27,28);1H2/t14-;/m1./s1. The van der Waals surface area contributed by atoms with Crippen molar-refractivity contribution in [1.82, 2.24) is 19.9 Å². The third kappa shape index (κ3) is 4.66. The maximum atomic E-state index is 6.31. The SMILES string of the molecule is Cc1ccc(-c2cc(NC[C@@H](C)c3cccc4c(Cl)ccnc34)ncn2)cn1.S. The number of pyridine rings is 2. The summed E-state index contributed by atoms with van der Waals surface area (Å²) in [7, 11) is 0. The minimum atomic E-state index is 0. The molecule has 0 aliphatic rings. The number of anilines is 1. The Hall–Kier alpha value is -2.70. The van der Waals surface area contributed by atoms with E-state index in [0.29, 0.717) is 0 Å². The zero-order chi connectivity index (χ0) is 19.5. The number of aromatic nitrogens is 4. The Morgan fingerprint density at radius 1 is 1.03 bits per heavy atom. The first-order chi connectivity index (χ1) is 13.6. The van der Waals surface area contributed by atoms with Crippen LogP contribution in [0.3, 0.4) is 0 Å². The van der Waals surface area contributed by atoms with Gasteiger partial charge in [0, 0.05) is 47.6 Å². The highest BCUT2D eigenvalue weighted by atomic mass is 35.5. The van der Waals surface area contributed by atoms with Crippen LogP contribution in [-0.4, -0.2) is 26.5 Å². The van der Waals surface area contributed by atoms with Crippen LogP contribution in [0, 0.1) is 6.92 Å². The maximum Gasteiger partial charge on any atom is 0.129 e. The van der Waals surface area contributed by atoms with Gasteiger partial charge in [0.15, 0.2) is 0 Å². The monoisotopic (exact) mass is 423 g/mol. The minimum absolute atomic E-state index is 0. The molecular formula is C22H22ClN5S. The van der Waals surface area contributed by atoms with E-state index in [2.05, 4.69) is 38.2 Å². The number of para-hydroxylation sites is 1. The number of hydrogen-bond donors (Lipinski definition) is 1. The highest BCUT2D eigenvalue weighted by Gasteiger charge is 2.12. The van der Waals surface area contributed by atoms with Gasteiger partial charge in [-0.1, -0.05) is 36.7 Å². The molecule has 4 aromatic rings. The van der Waals surface area contributed by atoms with E-state index in [1.54, 1.807) is 12.5 Å². The molecule has 0 radical (unpaired) electrons. The van der Waals surface area contributed by atoms with Crippen molar-refractivity contribution in [3.8, 4) is 11.3 Å². The van der Waals surface area contributed by atoms with Gasteiger partial charge in [-0.3, -0.25) is 9.97 Å². The molecule has 4 rings (SSSR count). The molecule has 0 aliphatic heterocycles. The third-order valence-electron chi connectivity index (χ3n) is 4.74. The molecule has 1 aromatic carbocycles. The molecule has 7 heteroatoms. The lowest BCUT2D eigenvalue weighted by atomic mass is 9.98. The Balaban J connectivity index is 0.00000240. The number of nitrogens with zero attached hydrogens (tertiary/aromatic N) is 4. The third-order valence-corrected chi connectivity index (χ3v) is 5.07. The van der Waals surface area contributed by atoms with Crippen LogP contribution in [0.1, 0.15) is 24.1 Å². The van der Waals surface area contributed by atoms with Gasteiger partial charge in [-0.05, 0) is 30.7 Å². The fourth-order valence-corrected chi connectivity index (χ4v) is 3.37. The van der Waals surface area contributed by atoms with Gasteiger partial charge in [0.05, 0.1) is 16.2 Å². The first kappa shape index (κ1) is 21.0. The van der Waals surface area contributed by atoms with E-state index in [9.17, 15) is 0 Å². The fraction of sp³-hybridized carbons (Fsp3) is 0.182. The van der Waals surface area contributed by atoms with Crippen molar-refractivity contribution in [3.05, 3.63) is 77.5 Å².